The van der Waals surface area contributed by atoms with E-state index in [4.69, 9.17) is 4.74 Å². The summed E-state index contributed by atoms with van der Waals surface area (Å²) < 4.78 is 6.51. The molecule has 1 aromatic rings. The molecule has 0 aliphatic carbocycles. The maximum atomic E-state index is 11.8. The summed E-state index contributed by atoms with van der Waals surface area (Å²) in [4.78, 5) is 12.9. The number of Topliss-reactive ketones (excluding diaryl/α,β-unsaturated/α-hetero) is 1. The van der Waals surface area contributed by atoms with E-state index in [0.717, 1.165) is 20.2 Å². The number of carbonyl (C=O) groups is 1. The SMILES string of the molecule is O=C(Cc1ccc(Br)s1)C1CSCCO1. The van der Waals surface area contributed by atoms with Gasteiger partial charge in [0.25, 0.3) is 0 Å². The Labute approximate surface area is 106 Å². The Morgan fingerprint density at radius 1 is 1.60 bits per heavy atom. The lowest BCUT2D eigenvalue weighted by molar-refractivity contribution is -0.128. The Balaban J connectivity index is 1.91. The van der Waals surface area contributed by atoms with E-state index in [1.54, 1.807) is 23.1 Å². The van der Waals surface area contributed by atoms with Crippen LogP contribution in [0.1, 0.15) is 4.88 Å². The fourth-order valence-corrected chi connectivity index (χ4v) is 3.78. The van der Waals surface area contributed by atoms with Crippen molar-refractivity contribution in [3.05, 3.63) is 20.8 Å². The lowest BCUT2D eigenvalue weighted by atomic mass is 10.1. The van der Waals surface area contributed by atoms with Crippen LogP contribution in [-0.2, 0) is 16.0 Å². The summed E-state index contributed by atoms with van der Waals surface area (Å²) in [5.74, 6) is 2.02. The lowest BCUT2D eigenvalue weighted by Crippen LogP contribution is -2.32. The number of hydrogen-bond donors (Lipinski definition) is 0. The Morgan fingerprint density at radius 3 is 3.07 bits per heavy atom. The van der Waals surface area contributed by atoms with Crippen molar-refractivity contribution in [1.29, 1.82) is 0 Å². The van der Waals surface area contributed by atoms with Crippen LogP contribution in [0, 0.1) is 0 Å². The van der Waals surface area contributed by atoms with Crippen molar-refractivity contribution in [3.8, 4) is 0 Å². The first kappa shape index (κ1) is 11.6. The monoisotopic (exact) mass is 306 g/mol. The highest BCUT2D eigenvalue weighted by molar-refractivity contribution is 9.11. The number of rotatable bonds is 3. The highest BCUT2D eigenvalue weighted by Gasteiger charge is 2.22. The number of ketones is 1. The molecule has 0 saturated carbocycles. The van der Waals surface area contributed by atoms with Crippen LogP contribution < -0.4 is 0 Å². The smallest absolute Gasteiger partial charge is 0.167 e. The summed E-state index contributed by atoms with van der Waals surface area (Å²) >= 11 is 6.80. The standard InChI is InChI=1S/C10H11BrO2S2/c11-10-2-1-7(15-10)5-8(12)9-6-14-4-3-13-9/h1-2,9H,3-6H2. The molecule has 0 spiro atoms. The van der Waals surface area contributed by atoms with Gasteiger partial charge in [-0.3, -0.25) is 4.79 Å². The number of thiophene rings is 1. The van der Waals surface area contributed by atoms with Crippen molar-refractivity contribution in [1.82, 2.24) is 0 Å². The quantitative estimate of drug-likeness (QED) is 0.859. The largest absolute Gasteiger partial charge is 0.369 e. The van der Waals surface area contributed by atoms with Crippen molar-refractivity contribution < 1.29 is 9.53 Å². The van der Waals surface area contributed by atoms with E-state index in [0.29, 0.717) is 13.0 Å². The lowest BCUT2D eigenvalue weighted by Gasteiger charge is -2.20. The highest BCUT2D eigenvalue weighted by Crippen LogP contribution is 2.23. The van der Waals surface area contributed by atoms with Gasteiger partial charge in [0.2, 0.25) is 0 Å². The van der Waals surface area contributed by atoms with Crippen LogP contribution >= 0.6 is 39.0 Å². The predicted molar refractivity (Wildman–Crippen MR) is 67.8 cm³/mol. The summed E-state index contributed by atoms with van der Waals surface area (Å²) in [6.07, 6.45) is 0.311. The van der Waals surface area contributed by atoms with Gasteiger partial charge in [-0.05, 0) is 28.1 Å². The van der Waals surface area contributed by atoms with E-state index >= 15 is 0 Å². The maximum absolute atomic E-state index is 11.8. The Kier molecular flexibility index (Phi) is 4.25. The second-order valence-corrected chi connectivity index (χ2v) is 6.98. The second-order valence-electron chi connectivity index (χ2n) is 3.28. The molecular formula is C10H11BrO2S2. The molecule has 0 aromatic carbocycles. The zero-order valence-corrected chi connectivity index (χ0v) is 11.3. The molecule has 1 unspecified atom stereocenters. The van der Waals surface area contributed by atoms with Crippen LogP contribution in [-0.4, -0.2) is 30.0 Å². The van der Waals surface area contributed by atoms with E-state index in [2.05, 4.69) is 15.9 Å². The van der Waals surface area contributed by atoms with Crippen LogP contribution in [0.2, 0.25) is 0 Å². The van der Waals surface area contributed by atoms with E-state index < -0.39 is 0 Å². The molecule has 0 bridgehead atoms. The molecule has 2 nitrogen and oxygen atoms in total. The molecular weight excluding hydrogens is 296 g/mol. The van der Waals surface area contributed by atoms with Gasteiger partial charge in [0.1, 0.15) is 6.10 Å². The predicted octanol–water partition coefficient (Wildman–Crippen LogP) is 2.75. The van der Waals surface area contributed by atoms with Crippen molar-refractivity contribution in [2.24, 2.45) is 0 Å². The van der Waals surface area contributed by atoms with Gasteiger partial charge in [0, 0.05) is 22.8 Å². The van der Waals surface area contributed by atoms with E-state index in [9.17, 15) is 4.79 Å². The zero-order chi connectivity index (χ0) is 10.7. The third kappa shape index (κ3) is 3.31. The minimum atomic E-state index is -0.190. The minimum Gasteiger partial charge on any atom is -0.369 e. The molecule has 0 radical (unpaired) electrons. The Bertz CT molecular complexity index is 345. The molecule has 5 heteroatoms. The van der Waals surface area contributed by atoms with E-state index in [1.807, 2.05) is 12.1 Å². The van der Waals surface area contributed by atoms with Gasteiger partial charge < -0.3 is 4.74 Å². The van der Waals surface area contributed by atoms with Gasteiger partial charge in [0.15, 0.2) is 5.78 Å². The van der Waals surface area contributed by atoms with Crippen molar-refractivity contribution >= 4 is 44.8 Å². The molecule has 1 fully saturated rings. The van der Waals surface area contributed by atoms with Gasteiger partial charge in [-0.25, -0.2) is 0 Å². The van der Waals surface area contributed by atoms with Gasteiger partial charge in [-0.15, -0.1) is 11.3 Å². The van der Waals surface area contributed by atoms with Crippen LogP contribution in [0.4, 0.5) is 0 Å². The molecule has 1 aromatic heterocycles. The van der Waals surface area contributed by atoms with Gasteiger partial charge in [0.05, 0.1) is 10.4 Å². The minimum absolute atomic E-state index is 0.190. The van der Waals surface area contributed by atoms with Crippen LogP contribution in [0.5, 0.6) is 0 Å². The zero-order valence-electron chi connectivity index (χ0n) is 8.07. The third-order valence-corrected chi connectivity index (χ3v) is 4.77. The van der Waals surface area contributed by atoms with E-state index in [-0.39, 0.29) is 11.9 Å². The Hall–Kier alpha value is 0.160. The number of carbonyl (C=O) groups excluding carboxylic acids is 1. The molecule has 0 N–H and O–H groups in total. The highest BCUT2D eigenvalue weighted by atomic mass is 79.9. The van der Waals surface area contributed by atoms with Crippen LogP contribution in [0.3, 0.4) is 0 Å². The summed E-state index contributed by atoms with van der Waals surface area (Å²) in [6, 6.07) is 3.96. The normalized spacial score (nSPS) is 21.5. The van der Waals surface area contributed by atoms with Crippen molar-refractivity contribution in [3.63, 3.8) is 0 Å². The molecule has 1 saturated heterocycles. The topological polar surface area (TPSA) is 26.3 Å². The summed E-state index contributed by atoms with van der Waals surface area (Å²) in [5.41, 5.74) is 0. The van der Waals surface area contributed by atoms with Crippen LogP contribution in [0.25, 0.3) is 0 Å². The molecule has 1 aliphatic heterocycles. The molecule has 2 rings (SSSR count). The van der Waals surface area contributed by atoms with Crippen LogP contribution in [0.15, 0.2) is 15.9 Å². The molecule has 1 atom stereocenters. The number of hydrogen-bond acceptors (Lipinski definition) is 4. The molecule has 0 amide bonds. The second kappa shape index (κ2) is 5.48. The molecule has 15 heavy (non-hydrogen) atoms. The van der Waals surface area contributed by atoms with Crippen molar-refractivity contribution in [2.45, 2.75) is 12.5 Å². The first-order chi connectivity index (χ1) is 7.25. The fraction of sp³-hybridized carbons (Fsp3) is 0.500. The van der Waals surface area contributed by atoms with Gasteiger partial charge in [-0.2, -0.15) is 11.8 Å². The van der Waals surface area contributed by atoms with Crippen molar-refractivity contribution in [2.75, 3.05) is 18.1 Å². The summed E-state index contributed by atoms with van der Waals surface area (Å²) in [6.45, 7) is 0.704. The average Bonchev–Trinajstić information content (AvgIpc) is 2.65. The van der Waals surface area contributed by atoms with E-state index in [1.165, 1.54) is 0 Å². The van der Waals surface area contributed by atoms with Gasteiger partial charge >= 0.3 is 0 Å². The molecule has 2 heterocycles. The Morgan fingerprint density at radius 2 is 2.47 bits per heavy atom. The average molecular weight is 307 g/mol. The number of thioether (sulfide) groups is 1. The number of ether oxygens (including phenoxy) is 1. The summed E-state index contributed by atoms with van der Waals surface area (Å²) in [7, 11) is 0. The third-order valence-electron chi connectivity index (χ3n) is 2.15. The molecule has 1 aliphatic rings. The first-order valence-corrected chi connectivity index (χ1v) is 7.48. The van der Waals surface area contributed by atoms with Gasteiger partial charge in [-0.1, -0.05) is 0 Å². The first-order valence-electron chi connectivity index (χ1n) is 4.72. The maximum Gasteiger partial charge on any atom is 0.167 e. The summed E-state index contributed by atoms with van der Waals surface area (Å²) in [5, 5.41) is 0. The fourth-order valence-electron chi connectivity index (χ4n) is 1.41. The number of halogens is 1. The molecule has 82 valence electrons.